The zero-order valence-electron chi connectivity index (χ0n) is 9.97. The predicted molar refractivity (Wildman–Crippen MR) is 55.0 cm³/mol. The number of halogens is 3. The predicted octanol–water partition coefficient (Wildman–Crippen LogP) is 0.361. The lowest BCUT2D eigenvalue weighted by molar-refractivity contribution is -0.207. The van der Waals surface area contributed by atoms with E-state index in [2.05, 4.69) is 10.1 Å². The van der Waals surface area contributed by atoms with E-state index in [9.17, 15) is 22.8 Å². The van der Waals surface area contributed by atoms with Gasteiger partial charge in [-0.3, -0.25) is 4.79 Å². The summed E-state index contributed by atoms with van der Waals surface area (Å²) in [7, 11) is 0. The number of nitrogens with one attached hydrogen (secondary N) is 1. The van der Waals surface area contributed by atoms with Crippen LogP contribution in [0, 0.1) is 0 Å². The van der Waals surface area contributed by atoms with Crippen LogP contribution in [-0.2, 0) is 9.59 Å². The first-order valence-corrected chi connectivity index (χ1v) is 5.06. The molecule has 0 spiro atoms. The summed E-state index contributed by atoms with van der Waals surface area (Å²) in [5.74, 6) is -3.33. The first-order valence-electron chi connectivity index (χ1n) is 5.06. The van der Waals surface area contributed by atoms with Crippen molar-refractivity contribution in [3.63, 3.8) is 0 Å². The molecule has 0 aliphatic heterocycles. The molecule has 1 rings (SSSR count). The third kappa shape index (κ3) is 2.83. The molecule has 1 aromatic heterocycles. The van der Waals surface area contributed by atoms with E-state index in [0.717, 1.165) is 17.3 Å². The molecule has 0 aliphatic carbocycles. The third-order valence-corrected chi connectivity index (χ3v) is 2.58. The van der Waals surface area contributed by atoms with Gasteiger partial charge in [0.2, 0.25) is 11.4 Å². The van der Waals surface area contributed by atoms with Crippen molar-refractivity contribution in [2.45, 2.75) is 31.6 Å². The Morgan fingerprint density at radius 2 is 2.00 bits per heavy atom. The van der Waals surface area contributed by atoms with Gasteiger partial charge in [0, 0.05) is 0 Å². The fraction of sp³-hybridized carbons (Fsp3) is 0.556. The maximum Gasteiger partial charge on any atom is 0.422 e. The van der Waals surface area contributed by atoms with Gasteiger partial charge in [0.15, 0.2) is 0 Å². The van der Waals surface area contributed by atoms with Gasteiger partial charge in [-0.05, 0) is 13.8 Å². The molecule has 0 saturated carbocycles. The van der Waals surface area contributed by atoms with Crippen molar-refractivity contribution >= 4 is 11.9 Å². The highest BCUT2D eigenvalue weighted by atomic mass is 19.4. The summed E-state index contributed by atoms with van der Waals surface area (Å²) in [5.41, 5.74) is -3.36. The second-order valence-electron chi connectivity index (χ2n) is 3.97. The van der Waals surface area contributed by atoms with Crippen molar-refractivity contribution in [1.82, 2.24) is 20.1 Å². The Hall–Kier alpha value is -2.13. The van der Waals surface area contributed by atoms with Gasteiger partial charge in [0.05, 0.1) is 0 Å². The minimum Gasteiger partial charge on any atom is -0.479 e. The number of carbonyl (C=O) groups excluding carboxylic acids is 1. The van der Waals surface area contributed by atoms with E-state index >= 15 is 0 Å². The third-order valence-electron chi connectivity index (χ3n) is 2.58. The largest absolute Gasteiger partial charge is 0.479 e. The van der Waals surface area contributed by atoms with E-state index in [0.29, 0.717) is 6.92 Å². The van der Waals surface area contributed by atoms with E-state index in [1.165, 1.54) is 12.2 Å². The summed E-state index contributed by atoms with van der Waals surface area (Å²) >= 11 is 0. The van der Waals surface area contributed by atoms with Crippen LogP contribution in [0.25, 0.3) is 0 Å². The Kier molecular flexibility index (Phi) is 3.82. The lowest BCUT2D eigenvalue weighted by Gasteiger charge is -2.29. The summed E-state index contributed by atoms with van der Waals surface area (Å²) < 4.78 is 39.1. The quantitative estimate of drug-likeness (QED) is 0.830. The number of hydrogen-bond acceptors (Lipinski definition) is 4. The van der Waals surface area contributed by atoms with Crippen molar-refractivity contribution in [3.05, 3.63) is 12.7 Å². The fourth-order valence-electron chi connectivity index (χ4n) is 1.13. The van der Waals surface area contributed by atoms with Gasteiger partial charge in [-0.2, -0.15) is 18.3 Å². The maximum atomic E-state index is 12.7. The second kappa shape index (κ2) is 4.86. The molecule has 106 valence electrons. The number of carboxylic acids is 1. The Bertz CT molecular complexity index is 474. The highest BCUT2D eigenvalue weighted by Gasteiger charge is 2.58. The number of aliphatic carboxylic acids is 1. The number of hydrogen-bond donors (Lipinski definition) is 2. The maximum absolute atomic E-state index is 12.7. The van der Waals surface area contributed by atoms with Gasteiger partial charge >= 0.3 is 12.1 Å². The van der Waals surface area contributed by atoms with Crippen LogP contribution in [0.1, 0.15) is 19.9 Å². The van der Waals surface area contributed by atoms with Gasteiger partial charge in [-0.25, -0.2) is 14.5 Å². The van der Waals surface area contributed by atoms with Gasteiger partial charge in [-0.1, -0.05) is 0 Å². The second-order valence-corrected chi connectivity index (χ2v) is 3.97. The molecular weight excluding hydrogens is 269 g/mol. The number of alkyl halides is 3. The van der Waals surface area contributed by atoms with Gasteiger partial charge < -0.3 is 10.4 Å². The Morgan fingerprint density at radius 1 is 1.42 bits per heavy atom. The number of aromatic nitrogens is 3. The molecule has 2 unspecified atom stereocenters. The van der Waals surface area contributed by atoms with Crippen LogP contribution in [0.3, 0.4) is 0 Å². The molecule has 19 heavy (non-hydrogen) atoms. The van der Waals surface area contributed by atoms with Crippen LogP contribution < -0.4 is 5.32 Å². The summed E-state index contributed by atoms with van der Waals surface area (Å²) in [6, 6.07) is -1.12. The topological polar surface area (TPSA) is 97.1 Å². The van der Waals surface area contributed by atoms with Gasteiger partial charge in [0.1, 0.15) is 18.7 Å². The first kappa shape index (κ1) is 14.9. The molecule has 0 aliphatic rings. The molecule has 0 radical (unpaired) electrons. The number of carbonyl (C=O) groups is 2. The molecular formula is C9H11F3N4O3. The highest BCUT2D eigenvalue weighted by molar-refractivity contribution is 5.89. The van der Waals surface area contributed by atoms with Crippen LogP contribution in [0.15, 0.2) is 12.7 Å². The summed E-state index contributed by atoms with van der Waals surface area (Å²) in [6.07, 6.45) is -2.89. The SMILES string of the molecule is CC(C(=O)NC(C)(C(=O)O)C(F)(F)F)n1cncn1. The normalized spacial score (nSPS) is 16.5. The van der Waals surface area contributed by atoms with Crippen LogP contribution >= 0.6 is 0 Å². The van der Waals surface area contributed by atoms with Crippen LogP contribution in [0.4, 0.5) is 13.2 Å². The summed E-state index contributed by atoms with van der Waals surface area (Å²) in [5, 5.41) is 13.7. The van der Waals surface area contributed by atoms with Gasteiger partial charge in [-0.15, -0.1) is 0 Å². The lowest BCUT2D eigenvalue weighted by atomic mass is 10.0. The molecule has 2 N–H and O–H groups in total. The molecule has 1 heterocycles. The molecule has 10 heteroatoms. The van der Waals surface area contributed by atoms with Crippen LogP contribution in [0.5, 0.6) is 0 Å². The summed E-state index contributed by atoms with van der Waals surface area (Å²) in [4.78, 5) is 25.9. The number of carboxylic acid groups (broad SMARTS) is 1. The zero-order valence-corrected chi connectivity index (χ0v) is 9.97. The average molecular weight is 280 g/mol. The molecule has 2 atom stereocenters. The van der Waals surface area contributed by atoms with Crippen molar-refractivity contribution in [3.8, 4) is 0 Å². The molecule has 0 bridgehead atoms. The lowest BCUT2D eigenvalue weighted by Crippen LogP contribution is -2.62. The molecule has 0 saturated heterocycles. The van der Waals surface area contributed by atoms with E-state index < -0.39 is 29.6 Å². The van der Waals surface area contributed by atoms with E-state index in [1.807, 2.05) is 0 Å². The Morgan fingerprint density at radius 3 is 2.37 bits per heavy atom. The monoisotopic (exact) mass is 280 g/mol. The summed E-state index contributed by atoms with van der Waals surface area (Å²) in [6.45, 7) is 1.64. The number of amides is 1. The number of nitrogens with zero attached hydrogens (tertiary/aromatic N) is 3. The first-order chi connectivity index (χ1) is 8.59. The Balaban J connectivity index is 2.93. The molecule has 1 amide bonds. The smallest absolute Gasteiger partial charge is 0.422 e. The molecule has 1 aromatic rings. The van der Waals surface area contributed by atoms with Crippen molar-refractivity contribution in [2.75, 3.05) is 0 Å². The standard InChI is InChI=1S/C9H11F3N4O3/c1-5(16-4-13-3-14-16)6(17)15-8(2,7(18)19)9(10,11)12/h3-5H,1-2H3,(H,15,17)(H,18,19). The molecule has 0 aromatic carbocycles. The molecule has 0 fully saturated rings. The van der Waals surface area contributed by atoms with Crippen molar-refractivity contribution < 1.29 is 27.9 Å². The minimum absolute atomic E-state index is 0.376. The van der Waals surface area contributed by atoms with Crippen molar-refractivity contribution in [2.24, 2.45) is 0 Å². The highest BCUT2D eigenvalue weighted by Crippen LogP contribution is 2.30. The zero-order chi connectivity index (χ0) is 14.8. The van der Waals surface area contributed by atoms with Crippen molar-refractivity contribution in [1.29, 1.82) is 0 Å². The van der Waals surface area contributed by atoms with Crippen LogP contribution in [0.2, 0.25) is 0 Å². The minimum atomic E-state index is -5.13. The van der Waals surface area contributed by atoms with Crippen LogP contribution in [-0.4, -0.2) is 43.5 Å². The van der Waals surface area contributed by atoms with E-state index in [1.54, 1.807) is 0 Å². The fourth-order valence-corrected chi connectivity index (χ4v) is 1.13. The van der Waals surface area contributed by atoms with Gasteiger partial charge in [0.25, 0.3) is 0 Å². The van der Waals surface area contributed by atoms with E-state index in [4.69, 9.17) is 5.11 Å². The molecule has 7 nitrogen and oxygen atoms in total. The Labute approximate surface area is 105 Å². The van der Waals surface area contributed by atoms with E-state index in [-0.39, 0.29) is 0 Å². The number of rotatable bonds is 4. The average Bonchev–Trinajstić information content (AvgIpc) is 2.79.